The second-order valence-corrected chi connectivity index (χ2v) is 3.93. The molecule has 4 nitrogen and oxygen atoms in total. The van der Waals surface area contributed by atoms with Gasteiger partial charge in [-0.05, 0) is 12.5 Å². The van der Waals surface area contributed by atoms with Crippen LogP contribution in [0.15, 0.2) is 12.1 Å². The largest absolute Gasteiger partial charge is 0.481 e. The molecular weight excluding hydrogens is 206 g/mol. The summed E-state index contributed by atoms with van der Waals surface area (Å²) in [5, 5.41) is 0. The quantitative estimate of drug-likeness (QED) is 0.718. The number of esters is 1. The molecule has 0 radical (unpaired) electrons. The molecule has 1 aliphatic heterocycles. The maximum absolute atomic E-state index is 11.7. The lowest BCUT2D eigenvalue weighted by Gasteiger charge is -2.29. The average molecular weight is 221 g/mol. The van der Waals surface area contributed by atoms with Gasteiger partial charge in [0.2, 0.25) is 5.88 Å². The Labute approximate surface area is 94.6 Å². The van der Waals surface area contributed by atoms with Gasteiger partial charge in [-0.25, -0.2) is 9.78 Å². The van der Waals surface area contributed by atoms with Crippen LogP contribution in [-0.2, 0) is 4.74 Å². The lowest BCUT2D eigenvalue weighted by atomic mass is 9.92. The molecule has 1 unspecified atom stereocenters. The van der Waals surface area contributed by atoms with Crippen LogP contribution in [0.5, 0.6) is 5.88 Å². The average Bonchev–Trinajstić information content (AvgIpc) is 2.33. The molecule has 2 rings (SSSR count). The Morgan fingerprint density at radius 1 is 1.50 bits per heavy atom. The van der Waals surface area contributed by atoms with Crippen LogP contribution >= 0.6 is 0 Å². The Kier molecular flexibility index (Phi) is 2.81. The van der Waals surface area contributed by atoms with Crippen LogP contribution < -0.4 is 4.74 Å². The van der Waals surface area contributed by atoms with Gasteiger partial charge >= 0.3 is 5.97 Å². The number of hydrogen-bond donors (Lipinski definition) is 0. The number of pyridine rings is 1. The molecule has 0 saturated carbocycles. The molecular formula is C12H15NO3. The number of aromatic nitrogens is 1. The van der Waals surface area contributed by atoms with E-state index < -0.39 is 0 Å². The molecule has 0 aliphatic carbocycles. The predicted octanol–water partition coefficient (Wildman–Crippen LogP) is 2.14. The Morgan fingerprint density at radius 2 is 2.25 bits per heavy atom. The van der Waals surface area contributed by atoms with Crippen LogP contribution in [0.3, 0.4) is 0 Å². The van der Waals surface area contributed by atoms with Crippen molar-refractivity contribution in [3.63, 3.8) is 0 Å². The highest BCUT2D eigenvalue weighted by atomic mass is 16.5. The first-order valence-electron chi connectivity index (χ1n) is 5.43. The summed E-state index contributed by atoms with van der Waals surface area (Å²) in [5.74, 6) is 0.373. The Bertz CT molecular complexity index is 417. The van der Waals surface area contributed by atoms with E-state index in [1.807, 2.05) is 13.8 Å². The summed E-state index contributed by atoms with van der Waals surface area (Å²) in [5.41, 5.74) is 1.33. The van der Waals surface area contributed by atoms with Gasteiger partial charge < -0.3 is 9.47 Å². The van der Waals surface area contributed by atoms with E-state index in [-0.39, 0.29) is 18.0 Å². The zero-order chi connectivity index (χ0) is 11.7. The maximum atomic E-state index is 11.7. The van der Waals surface area contributed by atoms with Gasteiger partial charge in [0, 0.05) is 12.0 Å². The van der Waals surface area contributed by atoms with Crippen molar-refractivity contribution in [2.75, 3.05) is 7.11 Å². The fraction of sp³-hybridized carbons (Fsp3) is 0.500. The van der Waals surface area contributed by atoms with Crippen molar-refractivity contribution < 1.29 is 14.3 Å². The topological polar surface area (TPSA) is 48.4 Å². The third kappa shape index (κ3) is 1.64. The minimum atomic E-state index is -0.282. The van der Waals surface area contributed by atoms with Crippen molar-refractivity contribution >= 4 is 5.97 Å². The van der Waals surface area contributed by atoms with E-state index in [0.29, 0.717) is 11.4 Å². The number of methoxy groups -OCH3 is 1. The minimum Gasteiger partial charge on any atom is -0.481 e. The van der Waals surface area contributed by atoms with Crippen LogP contribution in [0.25, 0.3) is 0 Å². The minimum absolute atomic E-state index is 0.0837. The van der Waals surface area contributed by atoms with Gasteiger partial charge in [-0.2, -0.15) is 0 Å². The lowest BCUT2D eigenvalue weighted by Crippen LogP contribution is -2.31. The van der Waals surface area contributed by atoms with Gasteiger partial charge in [0.05, 0.1) is 18.4 Å². The van der Waals surface area contributed by atoms with Crippen LogP contribution in [0, 0.1) is 0 Å². The van der Waals surface area contributed by atoms with Crippen molar-refractivity contribution in [2.45, 2.75) is 32.3 Å². The maximum Gasteiger partial charge on any atom is 0.340 e. The Hall–Kier alpha value is -1.58. The van der Waals surface area contributed by atoms with Gasteiger partial charge in [0.15, 0.2) is 0 Å². The second-order valence-electron chi connectivity index (χ2n) is 3.93. The number of carbonyl (C=O) groups is 1. The van der Waals surface area contributed by atoms with Gasteiger partial charge in [-0.1, -0.05) is 13.8 Å². The van der Waals surface area contributed by atoms with E-state index in [1.54, 1.807) is 19.2 Å². The molecule has 2 atom stereocenters. The molecule has 1 aromatic rings. The molecule has 86 valence electrons. The van der Waals surface area contributed by atoms with Crippen molar-refractivity contribution in [3.8, 4) is 5.88 Å². The standard InChI is InChI=1S/C12H15NO3/c1-4-9-7(2)11-8(12(14)16-9)5-6-10(13-11)15-3/h5-7,9H,4H2,1-3H3/t7-,9?/m0/s1. The number of cyclic esters (lactones) is 1. The number of rotatable bonds is 2. The monoisotopic (exact) mass is 221 g/mol. The normalized spacial score (nSPS) is 23.6. The first kappa shape index (κ1) is 10.9. The summed E-state index contributed by atoms with van der Waals surface area (Å²) in [6.45, 7) is 4.02. The first-order chi connectivity index (χ1) is 7.67. The molecule has 0 spiro atoms. The van der Waals surface area contributed by atoms with E-state index >= 15 is 0 Å². The lowest BCUT2D eigenvalue weighted by molar-refractivity contribution is 0.0174. The number of fused-ring (bicyclic) bond motifs is 1. The molecule has 0 N–H and O–H groups in total. The molecule has 1 aliphatic rings. The third-order valence-electron chi connectivity index (χ3n) is 2.98. The second kappa shape index (κ2) is 4.12. The van der Waals surface area contributed by atoms with Crippen molar-refractivity contribution in [3.05, 3.63) is 23.4 Å². The summed E-state index contributed by atoms with van der Waals surface area (Å²) < 4.78 is 10.4. The fourth-order valence-corrected chi connectivity index (χ4v) is 2.01. The zero-order valence-electron chi connectivity index (χ0n) is 9.69. The highest BCUT2D eigenvalue weighted by Gasteiger charge is 2.33. The smallest absolute Gasteiger partial charge is 0.340 e. The molecule has 16 heavy (non-hydrogen) atoms. The summed E-state index contributed by atoms with van der Waals surface area (Å²) in [4.78, 5) is 16.0. The van der Waals surface area contributed by atoms with Gasteiger partial charge in [-0.15, -0.1) is 0 Å². The van der Waals surface area contributed by atoms with Crippen molar-refractivity contribution in [1.82, 2.24) is 4.98 Å². The molecule has 0 saturated heterocycles. The van der Waals surface area contributed by atoms with E-state index in [4.69, 9.17) is 9.47 Å². The fourth-order valence-electron chi connectivity index (χ4n) is 2.01. The van der Waals surface area contributed by atoms with Crippen molar-refractivity contribution in [1.29, 1.82) is 0 Å². The first-order valence-corrected chi connectivity index (χ1v) is 5.43. The van der Waals surface area contributed by atoms with Crippen LogP contribution in [-0.4, -0.2) is 24.2 Å². The Balaban J connectivity index is 2.47. The molecule has 0 aromatic carbocycles. The van der Waals surface area contributed by atoms with E-state index in [1.165, 1.54) is 0 Å². The predicted molar refractivity (Wildman–Crippen MR) is 58.7 cm³/mol. The summed E-state index contributed by atoms with van der Waals surface area (Å²) in [7, 11) is 1.57. The van der Waals surface area contributed by atoms with Gasteiger partial charge in [-0.3, -0.25) is 0 Å². The molecule has 2 heterocycles. The molecule has 4 heteroatoms. The highest BCUT2D eigenvalue weighted by Crippen LogP contribution is 2.32. The van der Waals surface area contributed by atoms with Crippen LogP contribution in [0.4, 0.5) is 0 Å². The van der Waals surface area contributed by atoms with Gasteiger partial charge in [0.1, 0.15) is 6.10 Å². The van der Waals surface area contributed by atoms with Gasteiger partial charge in [0.25, 0.3) is 0 Å². The SMILES string of the molecule is CCC1OC(=O)c2ccc(OC)nc2[C@H]1C. The van der Waals surface area contributed by atoms with Crippen molar-refractivity contribution in [2.24, 2.45) is 0 Å². The molecule has 0 amide bonds. The number of hydrogen-bond acceptors (Lipinski definition) is 4. The van der Waals surface area contributed by atoms with Crippen LogP contribution in [0.1, 0.15) is 42.2 Å². The molecule has 0 fully saturated rings. The van der Waals surface area contributed by atoms with Crippen LogP contribution in [0.2, 0.25) is 0 Å². The van der Waals surface area contributed by atoms with E-state index in [0.717, 1.165) is 12.1 Å². The Morgan fingerprint density at radius 3 is 2.88 bits per heavy atom. The summed E-state index contributed by atoms with van der Waals surface area (Å²) in [6, 6.07) is 3.39. The van der Waals surface area contributed by atoms with E-state index in [2.05, 4.69) is 4.98 Å². The number of carbonyl (C=O) groups excluding carboxylic acids is 1. The number of ether oxygens (including phenoxy) is 2. The number of nitrogens with zero attached hydrogens (tertiary/aromatic N) is 1. The zero-order valence-corrected chi connectivity index (χ0v) is 9.69. The molecule has 1 aromatic heterocycles. The third-order valence-corrected chi connectivity index (χ3v) is 2.98. The van der Waals surface area contributed by atoms with E-state index in [9.17, 15) is 4.79 Å². The summed E-state index contributed by atoms with van der Waals surface area (Å²) in [6.07, 6.45) is 0.713. The molecule has 0 bridgehead atoms. The highest BCUT2D eigenvalue weighted by molar-refractivity contribution is 5.92. The summed E-state index contributed by atoms with van der Waals surface area (Å²) >= 11 is 0.